The van der Waals surface area contributed by atoms with E-state index in [0.29, 0.717) is 0 Å². The quantitative estimate of drug-likeness (QED) is 0.359. The van der Waals surface area contributed by atoms with Gasteiger partial charge in [-0.2, -0.15) is 0 Å². The van der Waals surface area contributed by atoms with Gasteiger partial charge in [0.2, 0.25) is 0 Å². The van der Waals surface area contributed by atoms with E-state index in [4.69, 9.17) is 22.9 Å². The van der Waals surface area contributed by atoms with Crippen molar-refractivity contribution in [2.45, 2.75) is 0 Å². The van der Waals surface area contributed by atoms with E-state index in [1.807, 2.05) is 0 Å². The Hall–Kier alpha value is 0.454. The van der Waals surface area contributed by atoms with E-state index in [2.05, 4.69) is 0 Å². The average molecular weight is 182 g/mol. The molecule has 51 valence electrons. The number of hydrogen-bond acceptors (Lipinski definition) is 3. The maximum absolute atomic E-state index is 8.88. The van der Waals surface area contributed by atoms with Crippen molar-refractivity contribution in [2.75, 3.05) is 0 Å². The Balaban J connectivity index is -0.0000000750. The van der Waals surface area contributed by atoms with Crippen molar-refractivity contribution in [3.05, 3.63) is 0 Å². The molecule has 0 spiro atoms. The molecular weight excluding hydrogens is 176 g/mol. The second-order valence-corrected chi connectivity index (χ2v) is 1.54. The Bertz CT molecular complexity index is 68.2. The van der Waals surface area contributed by atoms with Gasteiger partial charge in [-0.15, -0.1) is 0 Å². The van der Waals surface area contributed by atoms with Gasteiger partial charge in [-0.1, -0.05) is 0 Å². The molecule has 0 unspecified atom stereocenters. The molecule has 0 saturated heterocycles. The summed E-state index contributed by atoms with van der Waals surface area (Å²) in [7, 11) is -4.64. The van der Waals surface area contributed by atoms with Crippen molar-refractivity contribution in [3.63, 3.8) is 0 Å². The minimum atomic E-state index is -4.64. The molecule has 0 amide bonds. The van der Waals surface area contributed by atoms with E-state index in [1.54, 1.807) is 0 Å². The third kappa shape index (κ3) is 930. The fourth-order valence-electron chi connectivity index (χ4n) is 0. The van der Waals surface area contributed by atoms with Gasteiger partial charge in [-0.3, -0.25) is 0 Å². The molecule has 0 heterocycles. The van der Waals surface area contributed by atoms with Crippen LogP contribution in [0.4, 0.5) is 0 Å². The molecule has 8 heteroatoms. The first-order valence-electron chi connectivity index (χ1n) is 0.965. The Morgan fingerprint density at radius 1 is 1.12 bits per heavy atom. The molecule has 0 fully saturated rings. The monoisotopic (exact) mass is 182 g/mol. The summed E-state index contributed by atoms with van der Waals surface area (Å²) in [6, 6.07) is 0. The third-order valence-electron chi connectivity index (χ3n) is 0. The van der Waals surface area contributed by atoms with Crippen LogP contribution in [0, 0.1) is 0 Å². The van der Waals surface area contributed by atoms with Crippen LogP contribution in [0.5, 0.6) is 0 Å². The first kappa shape index (κ1) is 15.8. The van der Waals surface area contributed by atoms with E-state index in [0.717, 1.165) is 17.4 Å². The van der Waals surface area contributed by atoms with Crippen LogP contribution >= 0.6 is 7.82 Å². The summed E-state index contributed by atoms with van der Waals surface area (Å²) < 4.78 is 17.1. The zero-order chi connectivity index (χ0) is 6.50. The van der Waals surface area contributed by atoms with Gasteiger partial charge in [0.1, 0.15) is 0 Å². The van der Waals surface area contributed by atoms with Gasteiger partial charge in [0, 0.05) is 0 Å². The summed E-state index contributed by atoms with van der Waals surface area (Å²) in [5.41, 5.74) is 0. The van der Waals surface area contributed by atoms with E-state index in [9.17, 15) is 0 Å². The van der Waals surface area contributed by atoms with Crippen LogP contribution in [-0.2, 0) is 25.6 Å². The Kier molecular flexibility index (Phi) is 14.7. The van der Waals surface area contributed by atoms with Gasteiger partial charge in [-0.05, 0) is 0 Å². The van der Waals surface area contributed by atoms with Crippen molar-refractivity contribution in [1.29, 1.82) is 0 Å². The standard InChI is InChI=1S/H3N.H3O4P.O.V/c;1-5(2,3)4;;/h1H3;(H3,1,2,3,4);;. The molecule has 0 aromatic heterocycles. The fraction of sp³-hybridized carbons (Fsp3) is 0. The molecule has 0 aromatic rings. The van der Waals surface area contributed by atoms with Crippen molar-refractivity contribution in [2.24, 2.45) is 0 Å². The molecule has 6 nitrogen and oxygen atoms in total. The molecule has 0 rings (SSSR count). The maximum atomic E-state index is 8.88. The van der Waals surface area contributed by atoms with Gasteiger partial charge in [0.15, 0.2) is 0 Å². The van der Waals surface area contributed by atoms with E-state index < -0.39 is 7.82 Å². The molecule has 0 radical (unpaired) electrons. The Labute approximate surface area is 54.9 Å². The van der Waals surface area contributed by atoms with Crippen LogP contribution < -0.4 is 6.15 Å². The van der Waals surface area contributed by atoms with Gasteiger partial charge < -0.3 is 20.8 Å². The minimum absolute atomic E-state index is 0. The summed E-state index contributed by atoms with van der Waals surface area (Å²) >= 11 is 1.06. The van der Waals surface area contributed by atoms with Crippen LogP contribution in [0.2, 0.25) is 0 Å². The van der Waals surface area contributed by atoms with E-state index in [-0.39, 0.29) is 6.15 Å². The predicted molar refractivity (Wildman–Crippen MR) is 20.0 cm³/mol. The number of hydrogen-bond donors (Lipinski definition) is 4. The van der Waals surface area contributed by atoms with E-state index >= 15 is 0 Å². The summed E-state index contributed by atoms with van der Waals surface area (Å²) in [5.74, 6) is 0. The van der Waals surface area contributed by atoms with Crippen molar-refractivity contribution >= 4 is 7.82 Å². The van der Waals surface area contributed by atoms with Crippen LogP contribution in [0.3, 0.4) is 0 Å². The second kappa shape index (κ2) is 7.45. The van der Waals surface area contributed by atoms with Gasteiger partial charge >= 0.3 is 28.9 Å². The molecule has 0 atom stereocenters. The summed E-state index contributed by atoms with van der Waals surface area (Å²) in [5, 5.41) is 0. The molecule has 0 aliphatic heterocycles. The third-order valence-corrected chi connectivity index (χ3v) is 0. The summed E-state index contributed by atoms with van der Waals surface area (Å²) in [6.45, 7) is 0. The topological polar surface area (TPSA) is 130 Å². The SMILES string of the molecule is N.O=P(O)(O)O.[O]=[V]. The molecule has 8 heavy (non-hydrogen) atoms. The van der Waals surface area contributed by atoms with Crippen molar-refractivity contribution in [1.82, 2.24) is 6.15 Å². The first-order valence-corrected chi connectivity index (χ1v) is 3.10. The van der Waals surface area contributed by atoms with Gasteiger partial charge in [-0.25, -0.2) is 4.57 Å². The molecule has 0 aliphatic carbocycles. The van der Waals surface area contributed by atoms with Crippen molar-refractivity contribution < 1.29 is 40.3 Å². The van der Waals surface area contributed by atoms with Gasteiger partial charge in [0.25, 0.3) is 0 Å². The number of phosphoric acid groups is 1. The predicted octanol–water partition coefficient (Wildman–Crippen LogP) is -0.888. The van der Waals surface area contributed by atoms with E-state index in [1.165, 1.54) is 0 Å². The molecular formula is H6NO5PV. The molecule has 0 aliphatic rings. The zero-order valence-electron chi connectivity index (χ0n) is 3.76. The number of rotatable bonds is 0. The molecule has 0 aromatic carbocycles. The molecule has 0 saturated carbocycles. The van der Waals surface area contributed by atoms with Crippen LogP contribution in [-0.4, -0.2) is 14.7 Å². The Morgan fingerprint density at radius 2 is 1.12 bits per heavy atom. The van der Waals surface area contributed by atoms with Gasteiger partial charge in [0.05, 0.1) is 0 Å². The summed E-state index contributed by atoms with van der Waals surface area (Å²) in [4.78, 5) is 21.6. The first-order chi connectivity index (χ1) is 3.00. The van der Waals surface area contributed by atoms with Crippen LogP contribution in [0.1, 0.15) is 0 Å². The normalized spacial score (nSPS) is 7.75. The zero-order valence-corrected chi connectivity index (χ0v) is 6.05. The Morgan fingerprint density at radius 3 is 1.12 bits per heavy atom. The van der Waals surface area contributed by atoms with Crippen LogP contribution in [0.15, 0.2) is 0 Å². The summed E-state index contributed by atoms with van der Waals surface area (Å²) in [6.07, 6.45) is 0. The molecule has 6 N–H and O–H groups in total. The fourth-order valence-corrected chi connectivity index (χ4v) is 0. The van der Waals surface area contributed by atoms with Crippen LogP contribution in [0.25, 0.3) is 0 Å². The molecule has 0 bridgehead atoms. The second-order valence-electron chi connectivity index (χ2n) is 0.513. The average Bonchev–Trinajstić information content (AvgIpc) is 1.36. The van der Waals surface area contributed by atoms with Crippen molar-refractivity contribution in [3.8, 4) is 0 Å².